The summed E-state index contributed by atoms with van der Waals surface area (Å²) in [4.78, 5) is 24.2. The Morgan fingerprint density at radius 1 is 1.05 bits per heavy atom. The molecule has 2 aromatic carbocycles. The van der Waals surface area contributed by atoms with Crippen molar-refractivity contribution in [3.63, 3.8) is 0 Å². The Balaban J connectivity index is 2.17. The molecule has 1 amide bonds. The smallest absolute Gasteiger partial charge is 0.407 e. The molecule has 2 rings (SSSR count). The van der Waals surface area contributed by atoms with Crippen molar-refractivity contribution in [2.75, 3.05) is 19.0 Å². The van der Waals surface area contributed by atoms with Crippen molar-refractivity contribution in [1.82, 2.24) is 10.6 Å². The van der Waals surface area contributed by atoms with E-state index in [-0.39, 0.29) is 17.9 Å². The van der Waals surface area contributed by atoms with Gasteiger partial charge in [-0.3, -0.25) is 10.1 Å². The molecule has 0 bridgehead atoms. The van der Waals surface area contributed by atoms with Gasteiger partial charge in [0.05, 0.1) is 18.8 Å². The van der Waals surface area contributed by atoms with Crippen LogP contribution in [0.4, 0.5) is 23.2 Å². The van der Waals surface area contributed by atoms with Crippen molar-refractivity contribution in [3.05, 3.63) is 54.1 Å². The molecule has 0 fully saturated rings. The van der Waals surface area contributed by atoms with Crippen LogP contribution in [0, 0.1) is 0 Å². The second-order valence-corrected chi connectivity index (χ2v) is 9.98. The van der Waals surface area contributed by atoms with Gasteiger partial charge in [-0.05, 0) is 44.9 Å². The fourth-order valence-electron chi connectivity index (χ4n) is 3.92. The first-order valence-corrected chi connectivity index (χ1v) is 12.8. The number of carbonyl (C=O) groups is 2. The van der Waals surface area contributed by atoms with Gasteiger partial charge in [0, 0.05) is 25.1 Å². The van der Waals surface area contributed by atoms with Crippen molar-refractivity contribution < 1.29 is 41.7 Å². The zero-order valence-electron chi connectivity index (χ0n) is 23.1. The molecule has 0 saturated carbocycles. The van der Waals surface area contributed by atoms with Gasteiger partial charge in [0.2, 0.25) is 5.91 Å². The van der Waals surface area contributed by atoms with E-state index < -0.39 is 54.4 Å². The summed E-state index contributed by atoms with van der Waals surface area (Å²) in [5.41, 5.74) is -1.49. The molecule has 2 aromatic rings. The Morgan fingerprint density at radius 3 is 2.23 bits per heavy atom. The summed E-state index contributed by atoms with van der Waals surface area (Å²) in [6.07, 6.45) is -5.85. The number of aliphatic carboxylic acids is 1. The highest BCUT2D eigenvalue weighted by atomic mass is 19.4. The number of methoxy groups -OCH3 is 1. The number of amides is 1. The Hall–Kier alpha value is -3.54. The van der Waals surface area contributed by atoms with E-state index in [9.17, 15) is 27.2 Å². The fourth-order valence-corrected chi connectivity index (χ4v) is 3.92. The lowest BCUT2D eigenvalue weighted by molar-refractivity contribution is -0.161. The van der Waals surface area contributed by atoms with Crippen LogP contribution in [0.1, 0.15) is 52.1 Å². The first kappa shape index (κ1) is 32.7. The zero-order valence-corrected chi connectivity index (χ0v) is 23.1. The van der Waals surface area contributed by atoms with E-state index in [1.807, 2.05) is 0 Å². The third-order valence-corrected chi connectivity index (χ3v) is 6.05. The Kier molecular flexibility index (Phi) is 11.6. The predicted molar refractivity (Wildman–Crippen MR) is 143 cm³/mol. The Bertz CT molecular complexity index is 1110. The van der Waals surface area contributed by atoms with E-state index in [2.05, 4.69) is 16.0 Å². The first-order valence-electron chi connectivity index (χ1n) is 12.8. The van der Waals surface area contributed by atoms with E-state index in [1.54, 1.807) is 25.1 Å². The third-order valence-electron chi connectivity index (χ3n) is 6.05. The van der Waals surface area contributed by atoms with Crippen LogP contribution in [-0.4, -0.2) is 60.7 Å². The number of carboxylic acid groups (broad SMARTS) is 1. The molecule has 12 heteroatoms. The monoisotopic (exact) mass is 571 g/mol. The highest BCUT2D eigenvalue weighted by molar-refractivity contribution is 5.82. The number of ether oxygens (including phenoxy) is 2. The van der Waals surface area contributed by atoms with Gasteiger partial charge in [0.15, 0.2) is 6.10 Å². The summed E-state index contributed by atoms with van der Waals surface area (Å²) in [6, 6.07) is 7.61. The summed E-state index contributed by atoms with van der Waals surface area (Å²) in [7, 11) is 1.42. The summed E-state index contributed by atoms with van der Waals surface area (Å²) < 4.78 is 67.2. The fraction of sp³-hybridized carbons (Fsp3) is 0.500. The molecule has 0 spiro atoms. The number of hydrogen-bond acceptors (Lipinski definition) is 6. The van der Waals surface area contributed by atoms with E-state index in [1.165, 1.54) is 58.2 Å². The van der Waals surface area contributed by atoms with Crippen molar-refractivity contribution >= 4 is 17.6 Å². The van der Waals surface area contributed by atoms with E-state index in [0.29, 0.717) is 17.9 Å². The molecular weight excluding hydrogens is 534 g/mol. The molecule has 0 aliphatic carbocycles. The van der Waals surface area contributed by atoms with Crippen molar-refractivity contribution in [1.29, 1.82) is 0 Å². The molecule has 0 aliphatic rings. The third kappa shape index (κ3) is 10.2. The van der Waals surface area contributed by atoms with Gasteiger partial charge >= 0.3 is 12.1 Å². The normalized spacial score (nSPS) is 14.9. The minimum absolute atomic E-state index is 0.0876. The molecule has 0 aliphatic heterocycles. The van der Waals surface area contributed by atoms with Crippen LogP contribution in [0.15, 0.2) is 48.5 Å². The van der Waals surface area contributed by atoms with Gasteiger partial charge in [-0.1, -0.05) is 37.3 Å². The molecular formula is C28H37F4N3O5. The Labute approximate surface area is 231 Å². The lowest BCUT2D eigenvalue weighted by atomic mass is 9.97. The SMILES string of the molecule is CC[C@@H](CNc1ccc(OC(C)C(=O)O)cc1OC)NC(=O)[C@H](CC(C)(C)F)N[C@@H](c1ccccc1)C(F)(F)F. The van der Waals surface area contributed by atoms with Crippen LogP contribution in [0.25, 0.3) is 0 Å². The average molecular weight is 572 g/mol. The zero-order chi connectivity index (χ0) is 30.1. The van der Waals surface area contributed by atoms with Crippen LogP contribution < -0.4 is 25.4 Å². The van der Waals surface area contributed by atoms with Crippen molar-refractivity contribution in [2.24, 2.45) is 0 Å². The van der Waals surface area contributed by atoms with E-state index >= 15 is 0 Å². The van der Waals surface area contributed by atoms with Gasteiger partial charge in [0.1, 0.15) is 23.2 Å². The number of hydrogen-bond donors (Lipinski definition) is 4. The second kappa shape index (κ2) is 14.2. The van der Waals surface area contributed by atoms with Gasteiger partial charge in [-0.15, -0.1) is 0 Å². The van der Waals surface area contributed by atoms with Crippen molar-refractivity contribution in [2.45, 2.75) is 76.6 Å². The van der Waals surface area contributed by atoms with E-state index in [0.717, 1.165) is 0 Å². The van der Waals surface area contributed by atoms with E-state index in [4.69, 9.17) is 14.6 Å². The van der Waals surface area contributed by atoms with Crippen LogP contribution in [0.5, 0.6) is 11.5 Å². The van der Waals surface area contributed by atoms with Gasteiger partial charge < -0.3 is 25.2 Å². The van der Waals surface area contributed by atoms with Crippen LogP contribution in [-0.2, 0) is 9.59 Å². The maximum absolute atomic E-state index is 14.6. The van der Waals surface area contributed by atoms with Crippen LogP contribution in [0.3, 0.4) is 0 Å². The summed E-state index contributed by atoms with van der Waals surface area (Å²) in [5, 5.41) is 17.2. The molecule has 222 valence electrons. The molecule has 0 heterocycles. The van der Waals surface area contributed by atoms with Crippen LogP contribution >= 0.6 is 0 Å². The molecule has 0 radical (unpaired) electrons. The number of anilines is 1. The highest BCUT2D eigenvalue weighted by Gasteiger charge is 2.43. The molecule has 0 saturated heterocycles. The maximum atomic E-state index is 14.6. The predicted octanol–water partition coefficient (Wildman–Crippen LogP) is 5.25. The van der Waals surface area contributed by atoms with Gasteiger partial charge in [-0.2, -0.15) is 13.2 Å². The summed E-state index contributed by atoms with van der Waals surface area (Å²) >= 11 is 0. The number of nitrogens with one attached hydrogen (secondary N) is 3. The summed E-state index contributed by atoms with van der Waals surface area (Å²) in [6.45, 7) is 5.76. The molecule has 40 heavy (non-hydrogen) atoms. The number of alkyl halides is 4. The average Bonchev–Trinajstić information content (AvgIpc) is 2.88. The topological polar surface area (TPSA) is 109 Å². The minimum atomic E-state index is -4.72. The largest absolute Gasteiger partial charge is 0.494 e. The number of rotatable bonds is 15. The molecule has 4 N–H and O–H groups in total. The number of benzene rings is 2. The quantitative estimate of drug-likeness (QED) is 0.216. The number of carboxylic acids is 1. The number of carbonyl (C=O) groups excluding carboxylic acids is 1. The standard InChI is InChI=1S/C28H37F4N3O5/c1-6-19(16-33-21-13-12-20(14-23(21)39-5)40-17(2)26(37)38)34-25(36)22(15-27(3,4)29)35-24(28(30,31)32)18-10-8-7-9-11-18/h7-14,17,19,22,24,33,35H,6,15-16H2,1-5H3,(H,34,36)(H,37,38)/t17?,19-,22-,24-/m0/s1. The lowest BCUT2D eigenvalue weighted by Gasteiger charge is -2.31. The molecule has 8 nitrogen and oxygen atoms in total. The highest BCUT2D eigenvalue weighted by Crippen LogP contribution is 2.34. The molecule has 1 unspecified atom stereocenters. The van der Waals surface area contributed by atoms with Gasteiger partial charge in [-0.25, -0.2) is 9.18 Å². The lowest BCUT2D eigenvalue weighted by Crippen LogP contribution is -2.53. The van der Waals surface area contributed by atoms with Gasteiger partial charge in [0.25, 0.3) is 0 Å². The second-order valence-electron chi connectivity index (χ2n) is 9.98. The first-order chi connectivity index (χ1) is 18.6. The van der Waals surface area contributed by atoms with Crippen molar-refractivity contribution in [3.8, 4) is 11.5 Å². The number of halogens is 4. The summed E-state index contributed by atoms with van der Waals surface area (Å²) in [5.74, 6) is -1.26. The van der Waals surface area contributed by atoms with Crippen LogP contribution in [0.2, 0.25) is 0 Å². The Morgan fingerprint density at radius 2 is 1.70 bits per heavy atom. The molecule has 4 atom stereocenters. The molecule has 0 aromatic heterocycles. The minimum Gasteiger partial charge on any atom is -0.494 e. The maximum Gasteiger partial charge on any atom is 0.407 e.